The molecule has 25 heavy (non-hydrogen) atoms. The van der Waals surface area contributed by atoms with Crippen LogP contribution in [0.15, 0.2) is 6.20 Å². The summed E-state index contributed by atoms with van der Waals surface area (Å²) >= 11 is 0. The zero-order valence-electron chi connectivity index (χ0n) is 14.2. The molecule has 5 aliphatic rings. The summed E-state index contributed by atoms with van der Waals surface area (Å²) in [6.07, 6.45) is 7.54. The molecule has 4 fully saturated rings. The van der Waals surface area contributed by atoms with Gasteiger partial charge in [0.05, 0.1) is 16.9 Å². The summed E-state index contributed by atoms with van der Waals surface area (Å²) in [5, 5.41) is 17.8. The van der Waals surface area contributed by atoms with Gasteiger partial charge in [-0.2, -0.15) is 0 Å². The van der Waals surface area contributed by atoms with E-state index in [1.165, 1.54) is 12.8 Å². The molecule has 4 saturated carbocycles. The van der Waals surface area contributed by atoms with Gasteiger partial charge in [-0.25, -0.2) is 10.8 Å². The number of fused-ring (bicyclic) bond motifs is 1. The van der Waals surface area contributed by atoms with Gasteiger partial charge in [0.25, 0.3) is 5.91 Å². The summed E-state index contributed by atoms with van der Waals surface area (Å²) in [5.41, 5.74) is 4.26. The molecule has 7 nitrogen and oxygen atoms in total. The normalized spacial score (nSPS) is 37.5. The van der Waals surface area contributed by atoms with Gasteiger partial charge in [-0.1, -0.05) is 0 Å². The van der Waals surface area contributed by atoms with E-state index in [2.05, 4.69) is 21.0 Å². The van der Waals surface area contributed by atoms with Crippen LogP contribution >= 0.6 is 0 Å². The summed E-state index contributed by atoms with van der Waals surface area (Å²) in [6, 6.07) is 0.313. The molecule has 4 bridgehead atoms. The first-order valence-electron chi connectivity index (χ1n) is 9.32. The van der Waals surface area contributed by atoms with Crippen molar-refractivity contribution in [2.24, 2.45) is 23.6 Å². The van der Waals surface area contributed by atoms with Gasteiger partial charge >= 0.3 is 0 Å². The Labute approximate surface area is 146 Å². The maximum atomic E-state index is 12.3. The fourth-order valence-electron chi connectivity index (χ4n) is 6.05. The number of carbonyl (C=O) groups is 1. The zero-order valence-corrected chi connectivity index (χ0v) is 14.2. The molecule has 0 spiro atoms. The number of hydrogen-bond donors (Lipinski definition) is 5. The fourth-order valence-corrected chi connectivity index (χ4v) is 6.05. The Balaban J connectivity index is 1.50. The molecule has 1 aliphatic heterocycles. The molecule has 0 saturated heterocycles. The quantitative estimate of drug-likeness (QED) is 0.318. The monoisotopic (exact) mass is 343 g/mol. The van der Waals surface area contributed by atoms with E-state index in [1.54, 1.807) is 6.20 Å². The third kappa shape index (κ3) is 2.33. The number of nitrogens with one attached hydrogen (secondary N) is 3. The van der Waals surface area contributed by atoms with E-state index in [9.17, 15) is 9.90 Å². The molecule has 1 aromatic rings. The van der Waals surface area contributed by atoms with Crippen molar-refractivity contribution in [3.8, 4) is 0 Å². The average molecular weight is 343 g/mol. The van der Waals surface area contributed by atoms with E-state index in [4.69, 9.17) is 5.84 Å². The molecule has 1 aromatic heterocycles. The van der Waals surface area contributed by atoms with Gasteiger partial charge in [0.1, 0.15) is 5.82 Å². The van der Waals surface area contributed by atoms with Crippen LogP contribution in [-0.2, 0) is 6.42 Å². The van der Waals surface area contributed by atoms with Crippen LogP contribution in [0.1, 0.15) is 48.0 Å². The lowest BCUT2D eigenvalue weighted by Gasteiger charge is -2.58. The van der Waals surface area contributed by atoms with Crippen LogP contribution in [0.3, 0.4) is 0 Å². The molecule has 5 atom stereocenters. The Morgan fingerprint density at radius 2 is 2.08 bits per heavy atom. The second-order valence-corrected chi connectivity index (χ2v) is 8.39. The Kier molecular flexibility index (Phi) is 3.27. The smallest absolute Gasteiger partial charge is 0.268 e. The van der Waals surface area contributed by atoms with E-state index < -0.39 is 5.60 Å². The van der Waals surface area contributed by atoms with Crippen LogP contribution < -0.4 is 21.9 Å². The summed E-state index contributed by atoms with van der Waals surface area (Å²) in [5.74, 6) is 7.54. The largest absolute Gasteiger partial charge is 0.390 e. The maximum absolute atomic E-state index is 12.3. The van der Waals surface area contributed by atoms with Gasteiger partial charge in [0, 0.05) is 24.3 Å². The van der Waals surface area contributed by atoms with Crippen molar-refractivity contribution >= 4 is 17.4 Å². The highest BCUT2D eigenvalue weighted by atomic mass is 16.3. The lowest BCUT2D eigenvalue weighted by Crippen LogP contribution is -2.59. The minimum Gasteiger partial charge on any atom is -0.390 e. The fraction of sp³-hybridized carbons (Fsp3) is 0.667. The molecule has 134 valence electrons. The second kappa shape index (κ2) is 5.32. The highest BCUT2D eigenvalue weighted by Gasteiger charge is 2.54. The van der Waals surface area contributed by atoms with E-state index in [0.29, 0.717) is 29.4 Å². The molecule has 1 amide bonds. The molecule has 6 rings (SSSR count). The number of nitrogen functional groups attached to an aromatic ring is 1. The Morgan fingerprint density at radius 3 is 2.76 bits per heavy atom. The van der Waals surface area contributed by atoms with Crippen molar-refractivity contribution in [2.45, 2.75) is 50.2 Å². The lowest BCUT2D eigenvalue weighted by atomic mass is 9.52. The number of aromatic nitrogens is 1. The number of carbonyl (C=O) groups excluding carboxylic acids is 1. The van der Waals surface area contributed by atoms with Crippen molar-refractivity contribution in [1.82, 2.24) is 10.4 Å². The molecule has 2 heterocycles. The van der Waals surface area contributed by atoms with Gasteiger partial charge in [0.15, 0.2) is 0 Å². The molecular weight excluding hydrogens is 318 g/mol. The van der Waals surface area contributed by atoms with Crippen molar-refractivity contribution in [3.05, 3.63) is 17.3 Å². The number of amides is 1. The van der Waals surface area contributed by atoms with E-state index in [0.717, 1.165) is 49.3 Å². The number of pyridine rings is 1. The third-order valence-electron chi connectivity index (χ3n) is 6.77. The summed E-state index contributed by atoms with van der Waals surface area (Å²) in [4.78, 5) is 16.6. The molecule has 6 N–H and O–H groups in total. The number of nitrogens with two attached hydrogens (primary N) is 1. The predicted molar refractivity (Wildman–Crippen MR) is 94.0 cm³/mol. The van der Waals surface area contributed by atoms with Gasteiger partial charge < -0.3 is 15.7 Å². The van der Waals surface area contributed by atoms with Crippen molar-refractivity contribution in [3.63, 3.8) is 0 Å². The molecule has 7 heteroatoms. The first-order chi connectivity index (χ1) is 12.1. The first-order valence-corrected chi connectivity index (χ1v) is 9.32. The number of anilines is 2. The summed E-state index contributed by atoms with van der Waals surface area (Å²) < 4.78 is 0. The van der Waals surface area contributed by atoms with Crippen LogP contribution in [0.4, 0.5) is 11.5 Å². The molecule has 4 aliphatic carbocycles. The predicted octanol–water partition coefficient (Wildman–Crippen LogP) is 1.00. The topological polar surface area (TPSA) is 112 Å². The Morgan fingerprint density at radius 1 is 1.32 bits per heavy atom. The van der Waals surface area contributed by atoms with E-state index >= 15 is 0 Å². The number of nitrogens with zero attached hydrogens (tertiary/aromatic N) is 1. The average Bonchev–Trinajstić information content (AvgIpc) is 3.04. The number of hydrazine groups is 1. The van der Waals surface area contributed by atoms with Gasteiger partial charge in [-0.05, 0) is 56.3 Å². The number of aliphatic hydroxyl groups is 1. The van der Waals surface area contributed by atoms with Crippen LogP contribution in [0.25, 0.3) is 0 Å². The third-order valence-corrected chi connectivity index (χ3v) is 6.77. The van der Waals surface area contributed by atoms with Crippen LogP contribution in [0, 0.1) is 17.8 Å². The second-order valence-electron chi connectivity index (χ2n) is 8.39. The van der Waals surface area contributed by atoms with Gasteiger partial charge in [-0.15, -0.1) is 0 Å². The molecular formula is C18H25N5O2. The Bertz CT molecular complexity index is 720. The van der Waals surface area contributed by atoms with Crippen LogP contribution in [0.5, 0.6) is 0 Å². The van der Waals surface area contributed by atoms with E-state index in [-0.39, 0.29) is 5.91 Å². The lowest BCUT2D eigenvalue weighted by molar-refractivity contribution is -0.129. The highest BCUT2D eigenvalue weighted by Crippen LogP contribution is 2.56. The Hall–Kier alpha value is -1.86. The molecule has 0 aromatic carbocycles. The van der Waals surface area contributed by atoms with Gasteiger partial charge in [-0.3, -0.25) is 10.2 Å². The zero-order chi connectivity index (χ0) is 17.2. The number of hydrogen-bond acceptors (Lipinski definition) is 6. The van der Waals surface area contributed by atoms with Gasteiger partial charge in [0.2, 0.25) is 0 Å². The molecule has 1 unspecified atom stereocenters. The summed E-state index contributed by atoms with van der Waals surface area (Å²) in [6.45, 7) is 0.837. The van der Waals surface area contributed by atoms with Crippen LogP contribution in [-0.4, -0.2) is 34.2 Å². The number of rotatable bonds is 3. The first kappa shape index (κ1) is 15.4. The molecule has 0 radical (unpaired) electrons. The van der Waals surface area contributed by atoms with Crippen molar-refractivity contribution in [1.29, 1.82) is 0 Å². The van der Waals surface area contributed by atoms with Crippen molar-refractivity contribution in [2.75, 3.05) is 17.2 Å². The SMILES string of the molecule is NNC(=O)c1cnc2c(c1N[C@H]1[C@@H]3CC4C[C@H]1C[C@@](O)(C4)C3)CCN2. The summed E-state index contributed by atoms with van der Waals surface area (Å²) in [7, 11) is 0. The van der Waals surface area contributed by atoms with Crippen LogP contribution in [0.2, 0.25) is 0 Å². The maximum Gasteiger partial charge on any atom is 0.268 e. The van der Waals surface area contributed by atoms with Crippen molar-refractivity contribution < 1.29 is 9.90 Å². The standard InChI is InChI=1S/C18H25N5O2/c19-23-17(24)13-8-21-16-12(1-2-20-16)15(13)22-14-10-3-9-4-11(14)7-18(25,5-9)6-10/h8-11,14,25H,1-7,19H2,(H,23,24)(H2,20,21,22)/t9?,10-,11+,14+,18-. The van der Waals surface area contributed by atoms with E-state index in [1.807, 2.05) is 0 Å². The highest BCUT2D eigenvalue weighted by molar-refractivity contribution is 6.00. The minimum absolute atomic E-state index is 0.313. The minimum atomic E-state index is -0.451.